The van der Waals surface area contributed by atoms with E-state index in [9.17, 15) is 5.11 Å². The van der Waals surface area contributed by atoms with E-state index < -0.39 is 5.60 Å². The zero-order valence-electron chi connectivity index (χ0n) is 9.63. The molecule has 1 aromatic carbocycles. The molecule has 0 amide bonds. The summed E-state index contributed by atoms with van der Waals surface area (Å²) in [5.74, 6) is 0.499. The van der Waals surface area contributed by atoms with Gasteiger partial charge in [0.15, 0.2) is 0 Å². The quantitative estimate of drug-likeness (QED) is 0.831. The van der Waals surface area contributed by atoms with Crippen molar-refractivity contribution < 1.29 is 5.11 Å². The SMILES string of the molecule is CC(C)CC(C)(O)Cc1cccc(Cl)c1. The average Bonchev–Trinajstić information content (AvgIpc) is 1.99. The summed E-state index contributed by atoms with van der Waals surface area (Å²) in [6.45, 7) is 6.12. The van der Waals surface area contributed by atoms with E-state index in [-0.39, 0.29) is 0 Å². The minimum Gasteiger partial charge on any atom is -0.390 e. The molecule has 0 spiro atoms. The van der Waals surface area contributed by atoms with Crippen LogP contribution < -0.4 is 0 Å². The highest BCUT2D eigenvalue weighted by atomic mass is 35.5. The Balaban J connectivity index is 2.68. The van der Waals surface area contributed by atoms with E-state index in [4.69, 9.17) is 11.6 Å². The molecular weight excluding hydrogens is 208 g/mol. The van der Waals surface area contributed by atoms with E-state index in [1.54, 1.807) is 0 Å². The topological polar surface area (TPSA) is 20.2 Å². The van der Waals surface area contributed by atoms with Crippen LogP contribution in [0.4, 0.5) is 0 Å². The molecule has 0 saturated carbocycles. The minimum atomic E-state index is -0.640. The van der Waals surface area contributed by atoms with Crippen LogP contribution >= 0.6 is 11.6 Å². The van der Waals surface area contributed by atoms with Crippen molar-refractivity contribution in [2.24, 2.45) is 5.92 Å². The van der Waals surface area contributed by atoms with Crippen molar-refractivity contribution in [2.75, 3.05) is 0 Å². The van der Waals surface area contributed by atoms with E-state index in [0.717, 1.165) is 17.0 Å². The van der Waals surface area contributed by atoms with E-state index in [1.807, 2.05) is 31.2 Å². The second-order valence-electron chi connectivity index (χ2n) is 4.90. The summed E-state index contributed by atoms with van der Waals surface area (Å²) in [4.78, 5) is 0. The molecule has 0 fully saturated rings. The zero-order valence-corrected chi connectivity index (χ0v) is 10.4. The van der Waals surface area contributed by atoms with E-state index in [0.29, 0.717) is 12.3 Å². The number of aliphatic hydroxyl groups is 1. The molecule has 1 N–H and O–H groups in total. The Morgan fingerprint density at radius 2 is 2.07 bits per heavy atom. The third-order valence-corrected chi connectivity index (χ3v) is 2.56. The average molecular weight is 227 g/mol. The molecule has 0 aliphatic heterocycles. The molecule has 1 nitrogen and oxygen atoms in total. The Hall–Kier alpha value is -0.530. The first-order valence-electron chi connectivity index (χ1n) is 5.36. The van der Waals surface area contributed by atoms with Gasteiger partial charge < -0.3 is 5.11 Å². The maximum atomic E-state index is 10.2. The van der Waals surface area contributed by atoms with Crippen LogP contribution in [-0.2, 0) is 6.42 Å². The molecule has 1 unspecified atom stereocenters. The normalized spacial score (nSPS) is 15.3. The van der Waals surface area contributed by atoms with Gasteiger partial charge in [-0.05, 0) is 37.0 Å². The van der Waals surface area contributed by atoms with Crippen molar-refractivity contribution in [1.82, 2.24) is 0 Å². The maximum absolute atomic E-state index is 10.2. The summed E-state index contributed by atoms with van der Waals surface area (Å²) in [6.07, 6.45) is 1.46. The standard InChI is InChI=1S/C13H19ClO/c1-10(2)8-13(3,15)9-11-5-4-6-12(14)7-11/h4-7,10,15H,8-9H2,1-3H3. The van der Waals surface area contributed by atoms with Crippen LogP contribution in [0.3, 0.4) is 0 Å². The molecule has 0 aromatic heterocycles. The van der Waals surface area contributed by atoms with Gasteiger partial charge >= 0.3 is 0 Å². The van der Waals surface area contributed by atoms with E-state index in [2.05, 4.69) is 13.8 Å². The molecule has 15 heavy (non-hydrogen) atoms. The number of hydrogen-bond donors (Lipinski definition) is 1. The lowest BCUT2D eigenvalue weighted by Gasteiger charge is -2.25. The van der Waals surface area contributed by atoms with E-state index in [1.165, 1.54) is 0 Å². The fourth-order valence-electron chi connectivity index (χ4n) is 2.04. The van der Waals surface area contributed by atoms with Crippen LogP contribution in [-0.4, -0.2) is 10.7 Å². The first-order valence-corrected chi connectivity index (χ1v) is 5.74. The summed E-state index contributed by atoms with van der Waals surface area (Å²) in [7, 11) is 0. The molecule has 1 aromatic rings. The molecule has 0 saturated heterocycles. The van der Waals surface area contributed by atoms with Gasteiger partial charge in [-0.3, -0.25) is 0 Å². The lowest BCUT2D eigenvalue weighted by Crippen LogP contribution is -2.29. The molecule has 1 atom stereocenters. The van der Waals surface area contributed by atoms with Crippen LogP contribution in [0.1, 0.15) is 32.8 Å². The fraction of sp³-hybridized carbons (Fsp3) is 0.538. The van der Waals surface area contributed by atoms with Crippen LogP contribution in [0.5, 0.6) is 0 Å². The minimum absolute atomic E-state index is 0.499. The van der Waals surface area contributed by atoms with Crippen molar-refractivity contribution in [3.63, 3.8) is 0 Å². The predicted molar refractivity (Wildman–Crippen MR) is 65.2 cm³/mol. The Bertz CT molecular complexity index is 318. The van der Waals surface area contributed by atoms with Gasteiger partial charge in [0.05, 0.1) is 5.60 Å². The van der Waals surface area contributed by atoms with Gasteiger partial charge in [0, 0.05) is 11.4 Å². The third kappa shape index (κ3) is 4.67. The summed E-state index contributed by atoms with van der Waals surface area (Å²) in [6, 6.07) is 7.68. The van der Waals surface area contributed by atoms with Crippen LogP contribution in [0.2, 0.25) is 5.02 Å². The van der Waals surface area contributed by atoms with Gasteiger partial charge in [-0.2, -0.15) is 0 Å². The zero-order chi connectivity index (χ0) is 11.5. The van der Waals surface area contributed by atoms with Crippen LogP contribution in [0.15, 0.2) is 24.3 Å². The van der Waals surface area contributed by atoms with Crippen molar-refractivity contribution in [3.05, 3.63) is 34.9 Å². The smallest absolute Gasteiger partial charge is 0.0662 e. The molecule has 84 valence electrons. The van der Waals surface area contributed by atoms with Crippen LogP contribution in [0, 0.1) is 5.92 Å². The van der Waals surface area contributed by atoms with E-state index >= 15 is 0 Å². The third-order valence-electron chi connectivity index (χ3n) is 2.32. The lowest BCUT2D eigenvalue weighted by atomic mass is 9.88. The largest absolute Gasteiger partial charge is 0.390 e. The second-order valence-corrected chi connectivity index (χ2v) is 5.34. The highest BCUT2D eigenvalue weighted by Gasteiger charge is 2.22. The van der Waals surface area contributed by atoms with Crippen molar-refractivity contribution in [1.29, 1.82) is 0 Å². The van der Waals surface area contributed by atoms with Crippen molar-refractivity contribution in [2.45, 2.75) is 39.2 Å². The number of hydrogen-bond acceptors (Lipinski definition) is 1. The summed E-state index contributed by atoms with van der Waals surface area (Å²) >= 11 is 5.90. The Morgan fingerprint density at radius 3 is 2.60 bits per heavy atom. The summed E-state index contributed by atoms with van der Waals surface area (Å²) in [5, 5.41) is 10.9. The highest BCUT2D eigenvalue weighted by molar-refractivity contribution is 6.30. The van der Waals surface area contributed by atoms with Gasteiger partial charge in [-0.1, -0.05) is 37.6 Å². The summed E-state index contributed by atoms with van der Waals surface area (Å²) in [5.41, 5.74) is 0.451. The molecule has 0 bridgehead atoms. The number of halogens is 1. The Labute approximate surface area is 97.1 Å². The van der Waals surface area contributed by atoms with Crippen molar-refractivity contribution in [3.8, 4) is 0 Å². The van der Waals surface area contributed by atoms with Gasteiger partial charge in [0.1, 0.15) is 0 Å². The monoisotopic (exact) mass is 226 g/mol. The Kier molecular flexibility index (Phi) is 4.18. The predicted octanol–water partition coefficient (Wildman–Crippen LogP) is 3.68. The maximum Gasteiger partial charge on any atom is 0.0662 e. The molecule has 2 heteroatoms. The Morgan fingerprint density at radius 1 is 1.40 bits per heavy atom. The van der Waals surface area contributed by atoms with Crippen LogP contribution in [0.25, 0.3) is 0 Å². The molecule has 0 aliphatic rings. The second kappa shape index (κ2) is 5.00. The van der Waals surface area contributed by atoms with Gasteiger partial charge in [0.2, 0.25) is 0 Å². The number of benzene rings is 1. The first-order chi connectivity index (χ1) is 6.89. The number of rotatable bonds is 4. The fourth-order valence-corrected chi connectivity index (χ4v) is 2.25. The molecule has 0 aliphatic carbocycles. The molecule has 0 radical (unpaired) electrons. The summed E-state index contributed by atoms with van der Waals surface area (Å²) < 4.78 is 0. The lowest BCUT2D eigenvalue weighted by molar-refractivity contribution is 0.0388. The highest BCUT2D eigenvalue weighted by Crippen LogP contribution is 2.22. The first kappa shape index (κ1) is 12.5. The molecule has 1 rings (SSSR count). The van der Waals surface area contributed by atoms with Gasteiger partial charge in [0.25, 0.3) is 0 Å². The van der Waals surface area contributed by atoms with Gasteiger partial charge in [-0.25, -0.2) is 0 Å². The van der Waals surface area contributed by atoms with Crippen molar-refractivity contribution >= 4 is 11.6 Å². The molecule has 0 heterocycles. The van der Waals surface area contributed by atoms with Gasteiger partial charge in [-0.15, -0.1) is 0 Å². The molecular formula is C13H19ClO.